The number of pyridine rings is 1. The van der Waals surface area contributed by atoms with Gasteiger partial charge >= 0.3 is 12.2 Å². The van der Waals surface area contributed by atoms with Gasteiger partial charge in [0.1, 0.15) is 58.7 Å². The standard InChI is InChI=1S/C43H58ClN7O9S/c1-22(2)46-39-48-30(21-61-39)29-17-33(28-9-10-32(34(44)35(28)47-29)57-20-25-19-56-12-11-50(25)41(55)60-43(6,7)8)58-27-16-31(37(45)52)51(18-27)38(53)36(42(3,4)5)49-40(54)59-26-14-23-13-24(23)15-26/h9-10,17,21-27,31,36H,11-16,18-20H2,1-8H3,(H2,45,52)(H,46,48)(H,49,54)/t23-,24+,25-,26?,27?,31+,36-/m1/s1. The Balaban J connectivity index is 1.14. The molecule has 1 aromatic carbocycles. The molecule has 4 N–H and O–H groups in total. The minimum Gasteiger partial charge on any atom is -0.490 e. The summed E-state index contributed by atoms with van der Waals surface area (Å²) in [5, 5.41) is 9.48. The van der Waals surface area contributed by atoms with Gasteiger partial charge in [-0.1, -0.05) is 32.4 Å². The molecule has 2 unspecified atom stereocenters. The van der Waals surface area contributed by atoms with Crippen molar-refractivity contribution in [1.29, 1.82) is 0 Å². The molecule has 2 aliphatic carbocycles. The largest absolute Gasteiger partial charge is 0.490 e. The zero-order valence-electron chi connectivity index (χ0n) is 36.1. The summed E-state index contributed by atoms with van der Waals surface area (Å²) >= 11 is 8.54. The average molecular weight is 884 g/mol. The quantitative estimate of drug-likeness (QED) is 0.176. The van der Waals surface area contributed by atoms with E-state index in [2.05, 4.69) is 10.6 Å². The van der Waals surface area contributed by atoms with E-state index in [1.807, 2.05) is 60.8 Å². The Morgan fingerprint density at radius 2 is 1.72 bits per heavy atom. The lowest BCUT2D eigenvalue weighted by Gasteiger charge is -2.36. The van der Waals surface area contributed by atoms with Crippen LogP contribution in [0.25, 0.3) is 22.3 Å². The summed E-state index contributed by atoms with van der Waals surface area (Å²) in [7, 11) is 0. The number of carbonyl (C=O) groups is 4. The van der Waals surface area contributed by atoms with E-state index in [1.54, 1.807) is 23.1 Å². The van der Waals surface area contributed by atoms with Crippen LogP contribution in [0.2, 0.25) is 5.02 Å². The first-order valence-electron chi connectivity index (χ1n) is 21.0. The van der Waals surface area contributed by atoms with Crippen LogP contribution in [0.3, 0.4) is 0 Å². The van der Waals surface area contributed by atoms with Crippen LogP contribution in [0, 0.1) is 17.3 Å². The number of alkyl carbamates (subject to hydrolysis) is 1. The van der Waals surface area contributed by atoms with E-state index in [4.69, 9.17) is 51.0 Å². The number of rotatable bonds is 12. The number of halogens is 1. The van der Waals surface area contributed by atoms with Crippen molar-refractivity contribution in [3.8, 4) is 22.9 Å². The van der Waals surface area contributed by atoms with Gasteiger partial charge in [-0.15, -0.1) is 11.3 Å². The molecule has 0 bridgehead atoms. The number of aromatic nitrogens is 2. The van der Waals surface area contributed by atoms with Crippen LogP contribution in [-0.2, 0) is 23.8 Å². The number of ether oxygens (including phenoxy) is 5. The number of nitrogens with zero attached hydrogens (tertiary/aromatic N) is 4. The van der Waals surface area contributed by atoms with Crippen LogP contribution in [0.1, 0.15) is 81.1 Å². The molecule has 4 fully saturated rings. The molecule has 7 atom stereocenters. The maximum absolute atomic E-state index is 14.3. The van der Waals surface area contributed by atoms with Crippen LogP contribution >= 0.6 is 22.9 Å². The predicted molar refractivity (Wildman–Crippen MR) is 231 cm³/mol. The molecule has 3 aromatic rings. The van der Waals surface area contributed by atoms with Gasteiger partial charge in [0.05, 0.1) is 37.0 Å². The smallest absolute Gasteiger partial charge is 0.410 e. The number of amides is 4. The van der Waals surface area contributed by atoms with E-state index >= 15 is 0 Å². The monoisotopic (exact) mass is 883 g/mol. The average Bonchev–Trinajstić information content (AvgIpc) is 3.48. The third kappa shape index (κ3) is 10.5. The van der Waals surface area contributed by atoms with Crippen LogP contribution < -0.4 is 25.8 Å². The van der Waals surface area contributed by atoms with Gasteiger partial charge in [-0.2, -0.15) is 0 Å². The summed E-state index contributed by atoms with van der Waals surface area (Å²) in [5.74, 6) is 0.818. The van der Waals surface area contributed by atoms with Gasteiger partial charge in [-0.3, -0.25) is 14.5 Å². The first kappa shape index (κ1) is 44.4. The Hall–Kier alpha value is -4.61. The van der Waals surface area contributed by atoms with Gasteiger partial charge in [-0.05, 0) is 83.3 Å². The molecule has 2 saturated heterocycles. The summed E-state index contributed by atoms with van der Waals surface area (Å²) in [6, 6.07) is 2.97. The maximum atomic E-state index is 14.3. The number of nitrogens with two attached hydrogens (primary N) is 1. The minimum absolute atomic E-state index is 0.0204. The van der Waals surface area contributed by atoms with Crippen molar-refractivity contribution in [3.05, 3.63) is 28.6 Å². The molecule has 16 nitrogen and oxygen atoms in total. The van der Waals surface area contributed by atoms with E-state index in [-0.39, 0.29) is 43.3 Å². The number of nitrogens with one attached hydrogen (secondary N) is 2. The van der Waals surface area contributed by atoms with Crippen LogP contribution in [-0.4, -0.2) is 119 Å². The number of morpholine rings is 1. The van der Waals surface area contributed by atoms with Crippen molar-refractivity contribution in [2.24, 2.45) is 23.0 Å². The number of primary amides is 1. The second-order valence-electron chi connectivity index (χ2n) is 18.9. The highest BCUT2D eigenvalue weighted by atomic mass is 35.5. The number of likely N-dealkylation sites (tertiary alicyclic amines) is 1. The van der Waals surface area contributed by atoms with Crippen LogP contribution in [0.4, 0.5) is 14.7 Å². The predicted octanol–water partition coefficient (Wildman–Crippen LogP) is 6.62. The molecule has 0 spiro atoms. The molecule has 4 aliphatic rings. The van der Waals surface area contributed by atoms with Gasteiger partial charge in [0.2, 0.25) is 11.8 Å². The minimum atomic E-state index is -1.00. The number of carbonyl (C=O) groups excluding carboxylic acids is 4. The third-order valence-electron chi connectivity index (χ3n) is 11.3. The second-order valence-corrected chi connectivity index (χ2v) is 20.1. The Labute approximate surface area is 365 Å². The zero-order chi connectivity index (χ0) is 44.0. The van der Waals surface area contributed by atoms with Gasteiger partial charge in [-0.25, -0.2) is 19.6 Å². The highest BCUT2D eigenvalue weighted by Gasteiger charge is 2.49. The van der Waals surface area contributed by atoms with Gasteiger partial charge < -0.3 is 45.0 Å². The lowest BCUT2D eigenvalue weighted by molar-refractivity contribution is -0.141. The highest BCUT2D eigenvalue weighted by Crippen LogP contribution is 2.52. The molecular formula is C43H58ClN7O9S. The number of thiazole rings is 1. The Morgan fingerprint density at radius 1 is 0.984 bits per heavy atom. The Kier molecular flexibility index (Phi) is 12.9. The molecule has 2 aliphatic heterocycles. The number of hydrogen-bond donors (Lipinski definition) is 3. The van der Waals surface area contributed by atoms with Crippen LogP contribution in [0.5, 0.6) is 11.5 Å². The van der Waals surface area contributed by atoms with Crippen molar-refractivity contribution in [1.82, 2.24) is 25.1 Å². The topological polar surface area (TPSA) is 197 Å². The summed E-state index contributed by atoms with van der Waals surface area (Å²) in [4.78, 5) is 66.2. The zero-order valence-corrected chi connectivity index (χ0v) is 37.7. The summed E-state index contributed by atoms with van der Waals surface area (Å²) < 4.78 is 30.0. The number of fused-ring (bicyclic) bond motifs is 2. The first-order valence-corrected chi connectivity index (χ1v) is 22.3. The summed E-state index contributed by atoms with van der Waals surface area (Å²) in [5.41, 5.74) is 5.95. The van der Waals surface area contributed by atoms with E-state index in [9.17, 15) is 19.2 Å². The molecule has 4 heterocycles. The first-order chi connectivity index (χ1) is 28.7. The highest BCUT2D eigenvalue weighted by molar-refractivity contribution is 7.14. The Morgan fingerprint density at radius 3 is 2.39 bits per heavy atom. The molecule has 7 rings (SSSR count). The van der Waals surface area contributed by atoms with E-state index in [0.717, 1.165) is 12.8 Å². The fourth-order valence-corrected chi connectivity index (χ4v) is 9.36. The van der Waals surface area contributed by atoms with Crippen molar-refractivity contribution in [2.75, 3.05) is 38.2 Å². The second kappa shape index (κ2) is 17.6. The molecular weight excluding hydrogens is 826 g/mol. The maximum Gasteiger partial charge on any atom is 0.410 e. The molecule has 18 heteroatoms. The summed E-state index contributed by atoms with van der Waals surface area (Å²) in [6.07, 6.45) is 1.03. The summed E-state index contributed by atoms with van der Waals surface area (Å²) in [6.45, 7) is 16.1. The molecule has 61 heavy (non-hydrogen) atoms. The third-order valence-corrected chi connectivity index (χ3v) is 12.5. The van der Waals surface area contributed by atoms with Crippen LogP contribution in [0.15, 0.2) is 23.6 Å². The molecule has 2 saturated carbocycles. The SMILES string of the molecule is CC(C)Nc1nc(-c2cc(OC3C[C@@H](C(N)=O)N(C(=O)[C@@H](NC(=O)OC4C[C@@H]5C[C@@H]5C4)C(C)(C)C)C3)c3ccc(OC[C@H]4COCCN4C(=O)OC(C)(C)C)c(Cl)c3n2)cs1. The van der Waals surface area contributed by atoms with Gasteiger partial charge in [0.25, 0.3) is 0 Å². The number of anilines is 1. The van der Waals surface area contributed by atoms with E-state index < -0.39 is 59.2 Å². The van der Waals surface area contributed by atoms with Gasteiger partial charge in [0, 0.05) is 35.8 Å². The molecule has 2 aromatic heterocycles. The molecule has 332 valence electrons. The number of hydrogen-bond acceptors (Lipinski definition) is 13. The van der Waals surface area contributed by atoms with E-state index in [0.29, 0.717) is 63.9 Å². The van der Waals surface area contributed by atoms with Crippen molar-refractivity contribution in [2.45, 2.75) is 123 Å². The van der Waals surface area contributed by atoms with Crippen molar-refractivity contribution < 1.29 is 42.9 Å². The van der Waals surface area contributed by atoms with E-state index in [1.165, 1.54) is 22.7 Å². The Bertz CT molecular complexity index is 2130. The lowest BCUT2D eigenvalue weighted by atomic mass is 9.85. The normalized spacial score (nSPS) is 24.3. The lowest BCUT2D eigenvalue weighted by Crippen LogP contribution is -2.57. The fraction of sp³-hybridized carbons (Fsp3) is 0.628. The van der Waals surface area contributed by atoms with Gasteiger partial charge in [0.15, 0.2) is 5.13 Å². The molecule has 4 amide bonds. The fourth-order valence-electron chi connectivity index (χ4n) is 8.24. The van der Waals surface area contributed by atoms with Crippen molar-refractivity contribution >= 4 is 63.0 Å². The molecule has 0 radical (unpaired) electrons. The van der Waals surface area contributed by atoms with Crippen molar-refractivity contribution in [3.63, 3.8) is 0 Å². The number of benzene rings is 1.